The number of aliphatic carboxylic acids is 1. The van der Waals surface area contributed by atoms with E-state index in [1.807, 2.05) is 60.9 Å². The summed E-state index contributed by atoms with van der Waals surface area (Å²) in [7, 11) is 0. The van der Waals surface area contributed by atoms with Gasteiger partial charge in [-0.25, -0.2) is 0 Å². The van der Waals surface area contributed by atoms with Crippen LogP contribution in [0.5, 0.6) is 5.75 Å². The second-order valence-electron chi connectivity index (χ2n) is 14.6. The summed E-state index contributed by atoms with van der Waals surface area (Å²) in [6.45, 7) is 5.35. The highest BCUT2D eigenvalue weighted by atomic mass is 16.5. The molecule has 0 spiro atoms. The molecule has 3 aliphatic rings. The molecule has 2 atom stereocenters. The van der Waals surface area contributed by atoms with E-state index in [1.54, 1.807) is 0 Å². The third-order valence-electron chi connectivity index (χ3n) is 10.9. The number of rotatable bonds is 15. The number of aliphatic imine (C=N–C) groups is 1. The highest BCUT2D eigenvalue weighted by Gasteiger charge is 2.38. The number of ether oxygens (including phenoxy) is 1. The summed E-state index contributed by atoms with van der Waals surface area (Å²) in [6.07, 6.45) is 12.7. The van der Waals surface area contributed by atoms with Gasteiger partial charge >= 0.3 is 5.97 Å². The van der Waals surface area contributed by atoms with Crippen molar-refractivity contribution in [2.45, 2.75) is 89.8 Å². The molecule has 274 valence electrons. The number of hydrogen-bond acceptors (Lipinski definition) is 6. The lowest BCUT2D eigenvalue weighted by molar-refractivity contribution is -0.154. The van der Waals surface area contributed by atoms with E-state index < -0.39 is 17.9 Å². The van der Waals surface area contributed by atoms with Crippen LogP contribution in [0.4, 0.5) is 0 Å². The van der Waals surface area contributed by atoms with E-state index in [0.717, 1.165) is 52.3 Å². The standard InChI is InChI=1S/C43H52N4O5/c1-3-5-22-52-38-20-10-31(11-21-38)24-40(48)46-39(42(49)47-27-37(28-47)43(50)51)23-30-8-14-35(15-9-30)41-44-25-36(26-45-41)34-18-16-33(17-19-34)32-12-6-29(4-2)7-13-32/h8-11,14-21,25-26,29,32,37,39,41,44H,3-7,12-13,22-24,27-28H2,1-2H3,(H,46,48)(H,50,51)/t29-,32-,39-,41?/m0/s1. The van der Waals surface area contributed by atoms with Crippen LogP contribution in [-0.2, 0) is 27.2 Å². The van der Waals surface area contributed by atoms with Crippen molar-refractivity contribution in [2.24, 2.45) is 16.8 Å². The molecular weight excluding hydrogens is 652 g/mol. The van der Waals surface area contributed by atoms with Gasteiger partial charge in [-0.3, -0.25) is 19.4 Å². The first kappa shape index (κ1) is 36.9. The maximum Gasteiger partial charge on any atom is 0.310 e. The number of carboxylic acid groups (broad SMARTS) is 1. The lowest BCUT2D eigenvalue weighted by Gasteiger charge is -2.39. The van der Waals surface area contributed by atoms with Gasteiger partial charge in [0.2, 0.25) is 11.8 Å². The topological polar surface area (TPSA) is 120 Å². The van der Waals surface area contributed by atoms with Crippen LogP contribution in [0.1, 0.15) is 98.7 Å². The number of carbonyl (C=O) groups is 3. The fourth-order valence-corrected chi connectivity index (χ4v) is 7.37. The van der Waals surface area contributed by atoms with E-state index >= 15 is 0 Å². The third-order valence-corrected chi connectivity index (χ3v) is 10.9. The summed E-state index contributed by atoms with van der Waals surface area (Å²) < 4.78 is 5.73. The number of hydrogen-bond donors (Lipinski definition) is 3. The molecule has 1 unspecified atom stereocenters. The van der Waals surface area contributed by atoms with Gasteiger partial charge in [0.25, 0.3) is 0 Å². The predicted octanol–water partition coefficient (Wildman–Crippen LogP) is 7.08. The SMILES string of the molecule is CCCCOc1ccc(CC(=O)N[C@@H](Cc2ccc(C3N=CC(c4ccc([C@H]5CC[C@H](CC)CC5)cc4)=CN3)cc2)C(=O)N2CC(C(=O)O)C2)cc1. The van der Waals surface area contributed by atoms with Crippen molar-refractivity contribution in [3.05, 3.63) is 107 Å². The van der Waals surface area contributed by atoms with Crippen LogP contribution in [-0.4, -0.2) is 59.7 Å². The summed E-state index contributed by atoms with van der Waals surface area (Å²) >= 11 is 0. The largest absolute Gasteiger partial charge is 0.494 e. The Morgan fingerprint density at radius 2 is 1.58 bits per heavy atom. The first-order valence-corrected chi connectivity index (χ1v) is 19.0. The van der Waals surface area contributed by atoms with Gasteiger partial charge in [0, 0.05) is 37.5 Å². The van der Waals surface area contributed by atoms with Crippen LogP contribution in [0, 0.1) is 11.8 Å². The molecule has 6 rings (SSSR count). The van der Waals surface area contributed by atoms with Gasteiger partial charge in [0.05, 0.1) is 18.9 Å². The average molecular weight is 705 g/mol. The molecule has 3 N–H and O–H groups in total. The molecule has 1 saturated heterocycles. The molecule has 2 fully saturated rings. The summed E-state index contributed by atoms with van der Waals surface area (Å²) in [5.41, 5.74) is 6.29. The molecule has 1 aliphatic carbocycles. The van der Waals surface area contributed by atoms with Crippen LogP contribution >= 0.6 is 0 Å². The summed E-state index contributed by atoms with van der Waals surface area (Å²) in [5, 5.41) is 15.7. The number of carbonyl (C=O) groups excluding carboxylic acids is 2. The van der Waals surface area contributed by atoms with Gasteiger partial charge in [-0.2, -0.15) is 0 Å². The quantitative estimate of drug-likeness (QED) is 0.146. The zero-order chi connectivity index (χ0) is 36.5. The fourth-order valence-electron chi connectivity index (χ4n) is 7.37. The minimum Gasteiger partial charge on any atom is -0.494 e. The molecule has 52 heavy (non-hydrogen) atoms. The predicted molar refractivity (Wildman–Crippen MR) is 204 cm³/mol. The van der Waals surface area contributed by atoms with E-state index in [9.17, 15) is 19.5 Å². The van der Waals surface area contributed by atoms with Crippen molar-refractivity contribution in [1.29, 1.82) is 0 Å². The molecule has 2 amide bonds. The number of unbranched alkanes of at least 4 members (excludes halogenated alkanes) is 1. The highest BCUT2D eigenvalue weighted by molar-refractivity contribution is 6.10. The van der Waals surface area contributed by atoms with Crippen molar-refractivity contribution in [1.82, 2.24) is 15.5 Å². The van der Waals surface area contributed by atoms with Crippen LogP contribution in [0.15, 0.2) is 84.0 Å². The molecule has 0 aromatic heterocycles. The molecule has 9 heteroatoms. The average Bonchev–Trinajstić information content (AvgIpc) is 3.15. The van der Waals surface area contributed by atoms with Gasteiger partial charge in [-0.15, -0.1) is 0 Å². The molecule has 1 saturated carbocycles. The number of nitrogens with one attached hydrogen (secondary N) is 2. The van der Waals surface area contributed by atoms with Crippen LogP contribution in [0.3, 0.4) is 0 Å². The Morgan fingerprint density at radius 3 is 2.19 bits per heavy atom. The molecule has 2 heterocycles. The lowest BCUT2D eigenvalue weighted by Crippen LogP contribution is -2.59. The van der Waals surface area contributed by atoms with Crippen molar-refractivity contribution in [2.75, 3.05) is 19.7 Å². The number of carboxylic acids is 1. The maximum absolute atomic E-state index is 13.5. The van der Waals surface area contributed by atoms with Gasteiger partial charge in [-0.05, 0) is 83.9 Å². The van der Waals surface area contributed by atoms with Gasteiger partial charge in [0.1, 0.15) is 18.0 Å². The molecule has 3 aromatic rings. The number of likely N-dealkylation sites (tertiary alicyclic amines) is 1. The summed E-state index contributed by atoms with van der Waals surface area (Å²) in [6, 6.07) is 23.5. The Kier molecular flexibility index (Phi) is 12.4. The van der Waals surface area contributed by atoms with Crippen molar-refractivity contribution in [3.63, 3.8) is 0 Å². The Balaban J connectivity index is 1.05. The number of benzene rings is 3. The second kappa shape index (κ2) is 17.5. The van der Waals surface area contributed by atoms with Gasteiger partial charge < -0.3 is 25.4 Å². The maximum atomic E-state index is 13.5. The molecule has 3 aromatic carbocycles. The first-order chi connectivity index (χ1) is 25.3. The lowest BCUT2D eigenvalue weighted by atomic mass is 9.77. The van der Waals surface area contributed by atoms with E-state index in [2.05, 4.69) is 48.7 Å². The number of nitrogens with zero attached hydrogens (tertiary/aromatic N) is 2. The van der Waals surface area contributed by atoms with E-state index in [0.29, 0.717) is 12.5 Å². The van der Waals surface area contributed by atoms with E-state index in [-0.39, 0.29) is 43.9 Å². The molecular formula is C43H52N4O5. The molecule has 0 radical (unpaired) electrons. The Morgan fingerprint density at radius 1 is 0.904 bits per heavy atom. The Bertz CT molecular complexity index is 1720. The van der Waals surface area contributed by atoms with Gasteiger partial charge in [-0.1, -0.05) is 87.4 Å². The minimum atomic E-state index is -0.916. The van der Waals surface area contributed by atoms with E-state index in [1.165, 1.54) is 42.6 Å². The van der Waals surface area contributed by atoms with Gasteiger partial charge in [0.15, 0.2) is 0 Å². The first-order valence-electron chi connectivity index (χ1n) is 19.0. The molecule has 2 aliphatic heterocycles. The van der Waals surface area contributed by atoms with Crippen LogP contribution in [0.2, 0.25) is 0 Å². The second-order valence-corrected chi connectivity index (χ2v) is 14.6. The van der Waals surface area contributed by atoms with Crippen molar-refractivity contribution >= 4 is 29.6 Å². The smallest absolute Gasteiger partial charge is 0.310 e. The zero-order valence-corrected chi connectivity index (χ0v) is 30.4. The highest BCUT2D eigenvalue weighted by Crippen LogP contribution is 2.37. The van der Waals surface area contributed by atoms with Crippen molar-refractivity contribution < 1.29 is 24.2 Å². The monoisotopic (exact) mass is 704 g/mol. The number of allylic oxidation sites excluding steroid dienone is 1. The normalized spacial score (nSPS) is 20.6. The Labute approximate surface area is 307 Å². The molecule has 0 bridgehead atoms. The number of amides is 2. The molecule has 9 nitrogen and oxygen atoms in total. The van der Waals surface area contributed by atoms with Crippen LogP contribution in [0.25, 0.3) is 5.57 Å². The third kappa shape index (κ3) is 9.49. The summed E-state index contributed by atoms with van der Waals surface area (Å²) in [4.78, 5) is 44.4. The Hall–Kier alpha value is -4.92. The van der Waals surface area contributed by atoms with Crippen LogP contribution < -0.4 is 15.4 Å². The summed E-state index contributed by atoms with van der Waals surface area (Å²) in [5.74, 6) is 0.273. The zero-order valence-electron chi connectivity index (χ0n) is 30.4. The van der Waals surface area contributed by atoms with E-state index in [4.69, 9.17) is 9.73 Å². The van der Waals surface area contributed by atoms with Crippen molar-refractivity contribution in [3.8, 4) is 5.75 Å². The minimum absolute atomic E-state index is 0.112. The fraction of sp³-hybridized carbons (Fsp3) is 0.442.